The molecule has 0 unspecified atom stereocenters. The molecule has 0 saturated carbocycles. The van der Waals surface area contributed by atoms with Gasteiger partial charge in [-0.25, -0.2) is 9.59 Å². The van der Waals surface area contributed by atoms with Crippen molar-refractivity contribution in [1.29, 1.82) is 0 Å². The highest BCUT2D eigenvalue weighted by atomic mass is 32.2. The van der Waals surface area contributed by atoms with Gasteiger partial charge in [0.15, 0.2) is 11.4 Å². The molecule has 2 amide bonds. The second-order valence-electron chi connectivity index (χ2n) is 10.4. The van der Waals surface area contributed by atoms with E-state index in [0.29, 0.717) is 24.3 Å². The highest BCUT2D eigenvalue weighted by Crippen LogP contribution is 2.39. The van der Waals surface area contributed by atoms with Gasteiger partial charge in [0.25, 0.3) is 0 Å². The molecule has 230 valence electrons. The summed E-state index contributed by atoms with van der Waals surface area (Å²) < 4.78 is 19.6. The zero-order valence-corrected chi connectivity index (χ0v) is 25.3. The fraction of sp³-hybridized carbons (Fsp3) is 0.312. The number of benzene rings is 3. The van der Waals surface area contributed by atoms with E-state index in [-0.39, 0.29) is 18.8 Å². The van der Waals surface area contributed by atoms with Gasteiger partial charge in [0, 0.05) is 36.9 Å². The van der Waals surface area contributed by atoms with Crippen molar-refractivity contribution < 1.29 is 28.9 Å². The predicted molar refractivity (Wildman–Crippen MR) is 165 cm³/mol. The standard InChI is InChI=1S/C32H35N5O6S/c1-37-20-33-36-32(37)44-19-26-17-28(23-10-8-22(18-38)9-11-23)43-30(42-26)24-12-14-25(15-13-24)34-31(40)35-27(29(39)41-2)16-21-6-4-3-5-7-21/h3-15,20,26-28,30,38H,16-19H2,1-2H3,(H2,34,35,40)/t26-,27+,28+,30+/m1/s1. The fourth-order valence-electron chi connectivity index (χ4n) is 4.83. The molecule has 2 heterocycles. The molecule has 12 heteroatoms. The number of aliphatic hydroxyl groups excluding tert-OH is 1. The van der Waals surface area contributed by atoms with Crippen molar-refractivity contribution in [2.75, 3.05) is 18.2 Å². The van der Waals surface area contributed by atoms with E-state index in [2.05, 4.69) is 20.8 Å². The number of carbonyl (C=O) groups is 2. The highest BCUT2D eigenvalue weighted by Gasteiger charge is 2.32. The second-order valence-corrected chi connectivity index (χ2v) is 11.4. The second kappa shape index (κ2) is 15.0. The van der Waals surface area contributed by atoms with Gasteiger partial charge in [-0.2, -0.15) is 0 Å². The van der Waals surface area contributed by atoms with E-state index in [1.165, 1.54) is 7.11 Å². The number of aryl methyl sites for hydroxylation is 1. The van der Waals surface area contributed by atoms with Gasteiger partial charge in [-0.1, -0.05) is 78.5 Å². The summed E-state index contributed by atoms with van der Waals surface area (Å²) in [5.41, 5.74) is 4.05. The maximum absolute atomic E-state index is 12.8. The molecule has 0 bridgehead atoms. The van der Waals surface area contributed by atoms with Crippen LogP contribution in [0.5, 0.6) is 0 Å². The maximum Gasteiger partial charge on any atom is 0.328 e. The first-order valence-corrected chi connectivity index (χ1v) is 15.2. The van der Waals surface area contributed by atoms with E-state index in [1.807, 2.05) is 78.3 Å². The van der Waals surface area contributed by atoms with Gasteiger partial charge < -0.3 is 34.5 Å². The van der Waals surface area contributed by atoms with Crippen LogP contribution >= 0.6 is 11.8 Å². The molecule has 1 fully saturated rings. The zero-order chi connectivity index (χ0) is 30.9. The summed E-state index contributed by atoms with van der Waals surface area (Å²) in [5.74, 6) is 0.125. The van der Waals surface area contributed by atoms with Gasteiger partial charge >= 0.3 is 12.0 Å². The highest BCUT2D eigenvalue weighted by molar-refractivity contribution is 7.99. The van der Waals surface area contributed by atoms with Crippen molar-refractivity contribution in [1.82, 2.24) is 20.1 Å². The van der Waals surface area contributed by atoms with Gasteiger partial charge in [0.1, 0.15) is 12.4 Å². The number of amides is 2. The largest absolute Gasteiger partial charge is 0.467 e. The molecule has 1 aliphatic rings. The number of thioether (sulfide) groups is 1. The molecule has 3 aromatic carbocycles. The number of nitrogens with one attached hydrogen (secondary N) is 2. The van der Waals surface area contributed by atoms with Crippen LogP contribution in [0.4, 0.5) is 10.5 Å². The van der Waals surface area contributed by atoms with E-state index in [4.69, 9.17) is 14.2 Å². The Morgan fingerprint density at radius 3 is 2.41 bits per heavy atom. The van der Waals surface area contributed by atoms with Crippen molar-refractivity contribution in [3.8, 4) is 0 Å². The molecule has 3 N–H and O–H groups in total. The van der Waals surface area contributed by atoms with E-state index < -0.39 is 24.3 Å². The van der Waals surface area contributed by atoms with Crippen LogP contribution in [0.15, 0.2) is 90.3 Å². The predicted octanol–water partition coefficient (Wildman–Crippen LogP) is 4.55. The average Bonchev–Trinajstić information content (AvgIpc) is 3.48. The lowest BCUT2D eigenvalue weighted by atomic mass is 10.0. The number of carbonyl (C=O) groups excluding carboxylic acids is 2. The van der Waals surface area contributed by atoms with E-state index in [0.717, 1.165) is 27.4 Å². The number of hydrogen-bond donors (Lipinski definition) is 3. The Kier molecular flexibility index (Phi) is 10.6. The number of methoxy groups -OCH3 is 1. The van der Waals surface area contributed by atoms with E-state index >= 15 is 0 Å². The third-order valence-corrected chi connectivity index (χ3v) is 8.36. The third-order valence-electron chi connectivity index (χ3n) is 7.20. The minimum atomic E-state index is -0.842. The van der Waals surface area contributed by atoms with Crippen LogP contribution in [0, 0.1) is 0 Å². The number of anilines is 1. The van der Waals surface area contributed by atoms with Crippen molar-refractivity contribution >= 4 is 29.4 Å². The lowest BCUT2D eigenvalue weighted by Crippen LogP contribution is -2.45. The smallest absolute Gasteiger partial charge is 0.328 e. The lowest BCUT2D eigenvalue weighted by molar-refractivity contribution is -0.245. The number of aromatic nitrogens is 3. The molecule has 4 aromatic rings. The number of esters is 1. The summed E-state index contributed by atoms with van der Waals surface area (Å²) in [6.45, 7) is -0.0245. The van der Waals surface area contributed by atoms with Gasteiger partial charge in [-0.3, -0.25) is 0 Å². The van der Waals surface area contributed by atoms with Crippen LogP contribution < -0.4 is 10.6 Å². The van der Waals surface area contributed by atoms with E-state index in [9.17, 15) is 14.7 Å². The number of nitrogens with zero attached hydrogens (tertiary/aromatic N) is 3. The van der Waals surface area contributed by atoms with Crippen molar-refractivity contribution in [2.24, 2.45) is 7.05 Å². The summed E-state index contributed by atoms with van der Waals surface area (Å²) >= 11 is 1.57. The fourth-order valence-corrected chi connectivity index (χ4v) is 5.73. The topological polar surface area (TPSA) is 137 Å². The molecule has 1 aromatic heterocycles. The number of hydrogen-bond acceptors (Lipinski definition) is 9. The van der Waals surface area contributed by atoms with Gasteiger partial charge in [0.05, 0.1) is 25.9 Å². The monoisotopic (exact) mass is 617 g/mol. The average molecular weight is 618 g/mol. The number of ether oxygens (including phenoxy) is 3. The first kappa shape index (κ1) is 31.2. The summed E-state index contributed by atoms with van der Waals surface area (Å²) in [4.78, 5) is 25.1. The molecule has 5 rings (SSSR count). The first-order valence-electron chi connectivity index (χ1n) is 14.2. The Balaban J connectivity index is 1.25. The summed E-state index contributed by atoms with van der Waals surface area (Å²) in [7, 11) is 3.19. The van der Waals surface area contributed by atoms with Crippen LogP contribution in [0.2, 0.25) is 0 Å². The van der Waals surface area contributed by atoms with Crippen LogP contribution in [-0.4, -0.2) is 56.9 Å². The Bertz CT molecular complexity index is 1520. The molecular formula is C32H35N5O6S. The molecule has 0 aliphatic carbocycles. The van der Waals surface area contributed by atoms with Crippen LogP contribution in [0.25, 0.3) is 0 Å². The van der Waals surface area contributed by atoms with Crippen LogP contribution in [0.3, 0.4) is 0 Å². The molecule has 1 saturated heterocycles. The molecule has 0 radical (unpaired) electrons. The summed E-state index contributed by atoms with van der Waals surface area (Å²) in [6, 6.07) is 23.0. The Labute approximate surface area is 259 Å². The summed E-state index contributed by atoms with van der Waals surface area (Å²) in [5, 5.41) is 23.9. The third kappa shape index (κ3) is 8.23. The maximum atomic E-state index is 12.8. The molecular weight excluding hydrogens is 582 g/mol. The number of rotatable bonds is 11. The minimum absolute atomic E-state index is 0.0245. The van der Waals surface area contributed by atoms with Gasteiger partial charge in [-0.15, -0.1) is 10.2 Å². The van der Waals surface area contributed by atoms with E-state index in [1.54, 1.807) is 30.2 Å². The van der Waals surface area contributed by atoms with Crippen molar-refractivity contribution in [3.63, 3.8) is 0 Å². The first-order chi connectivity index (χ1) is 21.4. The normalized spacial score (nSPS) is 18.8. The Morgan fingerprint density at radius 2 is 1.75 bits per heavy atom. The molecule has 4 atom stereocenters. The Hall–Kier alpha value is -4.23. The summed E-state index contributed by atoms with van der Waals surface area (Å²) in [6.07, 6.45) is 1.60. The Morgan fingerprint density at radius 1 is 1.02 bits per heavy atom. The molecule has 1 aliphatic heterocycles. The zero-order valence-electron chi connectivity index (χ0n) is 24.5. The SMILES string of the molecule is COC(=O)[C@H](Cc1ccccc1)NC(=O)Nc1ccc([C@H]2O[C@@H](CSc3nncn3C)C[C@@H](c3ccc(CO)cc3)O2)cc1. The van der Waals surface area contributed by atoms with Crippen molar-refractivity contribution in [3.05, 3.63) is 107 Å². The van der Waals surface area contributed by atoms with Gasteiger partial charge in [-0.05, 0) is 28.8 Å². The lowest BCUT2D eigenvalue weighted by Gasteiger charge is -2.36. The van der Waals surface area contributed by atoms with Crippen molar-refractivity contribution in [2.45, 2.75) is 49.1 Å². The van der Waals surface area contributed by atoms with Crippen LogP contribution in [0.1, 0.15) is 41.1 Å². The quantitative estimate of drug-likeness (QED) is 0.164. The van der Waals surface area contributed by atoms with Gasteiger partial charge in [0.2, 0.25) is 0 Å². The molecule has 44 heavy (non-hydrogen) atoms. The molecule has 0 spiro atoms. The van der Waals surface area contributed by atoms with Crippen LogP contribution in [-0.2, 0) is 39.1 Å². The minimum Gasteiger partial charge on any atom is -0.467 e. The number of aliphatic hydroxyl groups is 1. The molecule has 11 nitrogen and oxygen atoms in total. The number of urea groups is 1.